The predicted octanol–water partition coefficient (Wildman–Crippen LogP) is 5.37. The Labute approximate surface area is 168 Å². The fraction of sp³-hybridized carbons (Fsp3) is 0.227. The summed E-state index contributed by atoms with van der Waals surface area (Å²) in [6.45, 7) is 1.62. The minimum Gasteiger partial charge on any atom is -0.481 e. The SMILES string of the molecule is Cc1c(F)cccc1C1CC(c2ccc3nc(C(F)(F)F)cnc3c2)=CC1C(=O)O. The largest absolute Gasteiger partial charge is 0.481 e. The molecule has 0 saturated carbocycles. The van der Waals surface area contributed by atoms with Crippen molar-refractivity contribution in [1.29, 1.82) is 0 Å². The second kappa shape index (κ2) is 7.19. The fourth-order valence-corrected chi connectivity index (χ4v) is 3.90. The van der Waals surface area contributed by atoms with Crippen molar-refractivity contribution in [1.82, 2.24) is 9.97 Å². The van der Waals surface area contributed by atoms with Crippen LogP contribution in [0.15, 0.2) is 48.7 Å². The number of aromatic nitrogens is 2. The van der Waals surface area contributed by atoms with Gasteiger partial charge in [-0.3, -0.25) is 9.78 Å². The van der Waals surface area contributed by atoms with Crippen molar-refractivity contribution in [2.24, 2.45) is 5.92 Å². The summed E-state index contributed by atoms with van der Waals surface area (Å²) in [7, 11) is 0. The molecule has 1 aromatic heterocycles. The number of alkyl halides is 3. The number of aliphatic carboxylic acids is 1. The lowest BCUT2D eigenvalue weighted by atomic mass is 9.85. The molecule has 30 heavy (non-hydrogen) atoms. The molecule has 0 fully saturated rings. The van der Waals surface area contributed by atoms with Gasteiger partial charge in [0.15, 0.2) is 5.69 Å². The number of allylic oxidation sites excluding steroid dienone is 1. The van der Waals surface area contributed by atoms with Crippen molar-refractivity contribution in [3.8, 4) is 0 Å². The van der Waals surface area contributed by atoms with Gasteiger partial charge in [-0.1, -0.05) is 24.3 Å². The van der Waals surface area contributed by atoms with Crippen LogP contribution in [0.4, 0.5) is 17.6 Å². The van der Waals surface area contributed by atoms with Gasteiger partial charge in [-0.15, -0.1) is 0 Å². The van der Waals surface area contributed by atoms with Crippen LogP contribution in [-0.4, -0.2) is 21.0 Å². The highest BCUT2D eigenvalue weighted by molar-refractivity contribution is 5.85. The van der Waals surface area contributed by atoms with Crippen LogP contribution in [0.25, 0.3) is 16.6 Å². The van der Waals surface area contributed by atoms with Gasteiger partial charge < -0.3 is 5.11 Å². The van der Waals surface area contributed by atoms with E-state index in [-0.39, 0.29) is 11.0 Å². The summed E-state index contributed by atoms with van der Waals surface area (Å²) in [5, 5.41) is 9.68. The van der Waals surface area contributed by atoms with E-state index in [9.17, 15) is 27.5 Å². The molecule has 1 aliphatic carbocycles. The van der Waals surface area contributed by atoms with Gasteiger partial charge in [0.2, 0.25) is 0 Å². The van der Waals surface area contributed by atoms with Crippen LogP contribution in [-0.2, 0) is 11.0 Å². The minimum absolute atomic E-state index is 0.0967. The number of hydrogen-bond donors (Lipinski definition) is 1. The molecule has 0 radical (unpaired) electrons. The molecule has 1 aliphatic rings. The van der Waals surface area contributed by atoms with Crippen LogP contribution >= 0.6 is 0 Å². The summed E-state index contributed by atoms with van der Waals surface area (Å²) in [6.07, 6.45) is -1.93. The van der Waals surface area contributed by atoms with Crippen molar-refractivity contribution in [3.63, 3.8) is 0 Å². The van der Waals surface area contributed by atoms with Crippen molar-refractivity contribution < 1.29 is 27.5 Å². The second-order valence-corrected chi connectivity index (χ2v) is 7.28. The zero-order valence-corrected chi connectivity index (χ0v) is 15.7. The van der Waals surface area contributed by atoms with E-state index in [0.29, 0.717) is 29.3 Å². The maximum absolute atomic E-state index is 14.0. The van der Waals surface area contributed by atoms with Crippen molar-refractivity contribution >= 4 is 22.6 Å². The highest BCUT2D eigenvalue weighted by Gasteiger charge is 2.36. The Morgan fingerprint density at radius 2 is 1.93 bits per heavy atom. The first-order valence-electron chi connectivity index (χ1n) is 9.18. The normalized spacial score (nSPS) is 19.2. The van der Waals surface area contributed by atoms with Crippen LogP contribution in [0.3, 0.4) is 0 Å². The van der Waals surface area contributed by atoms with Gasteiger partial charge in [-0.2, -0.15) is 13.2 Å². The van der Waals surface area contributed by atoms with Gasteiger partial charge >= 0.3 is 12.1 Å². The number of rotatable bonds is 3. The summed E-state index contributed by atoms with van der Waals surface area (Å²) in [5.41, 5.74) is 1.71. The van der Waals surface area contributed by atoms with E-state index in [1.807, 2.05) is 0 Å². The maximum Gasteiger partial charge on any atom is 0.434 e. The Kier molecular flexibility index (Phi) is 4.80. The Bertz CT molecular complexity index is 1190. The predicted molar refractivity (Wildman–Crippen MR) is 102 cm³/mol. The Morgan fingerprint density at radius 1 is 1.17 bits per heavy atom. The van der Waals surface area contributed by atoms with Crippen molar-refractivity contribution in [2.75, 3.05) is 0 Å². The first kappa shape index (κ1) is 20.0. The Balaban J connectivity index is 1.71. The van der Waals surface area contributed by atoms with Gasteiger partial charge in [0.05, 0.1) is 23.1 Å². The monoisotopic (exact) mass is 416 g/mol. The number of fused-ring (bicyclic) bond motifs is 1. The van der Waals surface area contributed by atoms with Crippen molar-refractivity contribution in [2.45, 2.75) is 25.4 Å². The maximum atomic E-state index is 14.0. The Hall–Kier alpha value is -3.29. The third-order valence-electron chi connectivity index (χ3n) is 5.45. The third kappa shape index (κ3) is 3.53. The molecule has 3 aromatic rings. The topological polar surface area (TPSA) is 63.1 Å². The second-order valence-electron chi connectivity index (χ2n) is 7.28. The van der Waals surface area contributed by atoms with E-state index >= 15 is 0 Å². The lowest BCUT2D eigenvalue weighted by Gasteiger charge is -2.19. The highest BCUT2D eigenvalue weighted by Crippen LogP contribution is 2.44. The molecule has 4 rings (SSSR count). The quantitative estimate of drug-likeness (QED) is 0.584. The highest BCUT2D eigenvalue weighted by atomic mass is 19.4. The van der Waals surface area contributed by atoms with Gasteiger partial charge in [0, 0.05) is 5.92 Å². The summed E-state index contributed by atoms with van der Waals surface area (Å²) in [4.78, 5) is 19.3. The number of carbonyl (C=O) groups is 1. The summed E-state index contributed by atoms with van der Waals surface area (Å²) in [6, 6.07) is 9.23. The fourth-order valence-electron chi connectivity index (χ4n) is 3.90. The molecule has 4 nitrogen and oxygen atoms in total. The van der Waals surface area contributed by atoms with Gasteiger partial charge in [-0.25, -0.2) is 9.37 Å². The van der Waals surface area contributed by atoms with Gasteiger partial charge in [0.1, 0.15) is 5.82 Å². The van der Waals surface area contributed by atoms with Crippen LogP contribution in [0.1, 0.15) is 34.7 Å². The molecule has 0 spiro atoms. The number of halogens is 4. The average Bonchev–Trinajstić information content (AvgIpc) is 3.14. The van der Waals surface area contributed by atoms with Gasteiger partial charge in [-0.05, 0) is 53.8 Å². The summed E-state index contributed by atoms with van der Waals surface area (Å²) >= 11 is 0. The van der Waals surface area contributed by atoms with E-state index in [2.05, 4.69) is 9.97 Å². The van der Waals surface area contributed by atoms with Crippen LogP contribution in [0, 0.1) is 18.7 Å². The molecule has 8 heteroatoms. The van der Waals surface area contributed by atoms with E-state index in [1.54, 1.807) is 37.3 Å². The number of carboxylic acid groups (broad SMARTS) is 1. The molecular weight excluding hydrogens is 400 g/mol. The molecule has 2 aromatic carbocycles. The van der Waals surface area contributed by atoms with E-state index in [4.69, 9.17) is 0 Å². The zero-order chi connectivity index (χ0) is 21.6. The third-order valence-corrected chi connectivity index (χ3v) is 5.45. The van der Waals surface area contributed by atoms with E-state index < -0.39 is 35.5 Å². The molecule has 0 aliphatic heterocycles. The molecule has 1 heterocycles. The van der Waals surface area contributed by atoms with Crippen molar-refractivity contribution in [3.05, 3.63) is 76.9 Å². The molecule has 0 bridgehead atoms. The average molecular weight is 416 g/mol. The Morgan fingerprint density at radius 3 is 2.63 bits per heavy atom. The zero-order valence-electron chi connectivity index (χ0n) is 15.7. The number of carboxylic acids is 1. The summed E-state index contributed by atoms with van der Waals surface area (Å²) in [5.74, 6) is -2.70. The number of nitrogens with zero attached hydrogens (tertiary/aromatic N) is 2. The molecule has 2 unspecified atom stereocenters. The lowest BCUT2D eigenvalue weighted by molar-refractivity contribution is -0.141. The molecule has 0 amide bonds. The standard InChI is InChI=1S/C22H16F4N2O2/c1-11-14(3-2-4-17(11)23)15-7-13(8-16(15)21(29)30)12-5-6-18-19(9-12)27-10-20(28-18)22(24,25)26/h2-6,8-10,15-16H,7H2,1H3,(H,29,30). The number of benzene rings is 2. The molecule has 0 saturated heterocycles. The first-order chi connectivity index (χ1) is 14.1. The molecule has 2 atom stereocenters. The smallest absolute Gasteiger partial charge is 0.434 e. The molecular formula is C22H16F4N2O2. The first-order valence-corrected chi connectivity index (χ1v) is 9.18. The lowest BCUT2D eigenvalue weighted by Crippen LogP contribution is -2.17. The number of hydrogen-bond acceptors (Lipinski definition) is 3. The molecule has 1 N–H and O–H groups in total. The van der Waals surface area contributed by atoms with Crippen LogP contribution in [0.5, 0.6) is 0 Å². The van der Waals surface area contributed by atoms with E-state index in [0.717, 1.165) is 5.57 Å². The molecule has 154 valence electrons. The summed E-state index contributed by atoms with van der Waals surface area (Å²) < 4.78 is 52.5. The van der Waals surface area contributed by atoms with Gasteiger partial charge in [0.25, 0.3) is 0 Å². The minimum atomic E-state index is -4.58. The van der Waals surface area contributed by atoms with Crippen LogP contribution in [0.2, 0.25) is 0 Å². The van der Waals surface area contributed by atoms with E-state index in [1.165, 1.54) is 12.1 Å². The van der Waals surface area contributed by atoms with Crippen LogP contribution < -0.4 is 0 Å².